The fraction of sp³-hybridized carbons (Fsp3) is 0.360. The Bertz CT molecular complexity index is 1060. The molecule has 4 N–H and O–H groups in total. The van der Waals surface area contributed by atoms with Crippen LogP contribution in [-0.4, -0.2) is 70.9 Å². The van der Waals surface area contributed by atoms with Crippen molar-refractivity contribution in [2.24, 2.45) is 0 Å². The van der Waals surface area contributed by atoms with Gasteiger partial charge in [0, 0.05) is 42.5 Å². The summed E-state index contributed by atoms with van der Waals surface area (Å²) in [4.78, 5) is 48.8. The van der Waals surface area contributed by atoms with Gasteiger partial charge in [0.15, 0.2) is 0 Å². The molecular formula is C25H29Cl2N3O7. The highest BCUT2D eigenvalue weighted by molar-refractivity contribution is 6.18. The molecule has 2 aromatic carbocycles. The number of halogens is 2. The molecule has 0 heterocycles. The third-order valence-electron chi connectivity index (χ3n) is 5.27. The molecule has 2 amide bonds. The van der Waals surface area contributed by atoms with E-state index in [-0.39, 0.29) is 12.0 Å². The number of carbonyl (C=O) groups is 4. The number of carboxylic acid groups (broad SMARTS) is 2. The summed E-state index contributed by atoms with van der Waals surface area (Å²) in [5.74, 6) is -1.78. The van der Waals surface area contributed by atoms with Gasteiger partial charge < -0.3 is 30.5 Å². The first-order valence-corrected chi connectivity index (χ1v) is 12.5. The summed E-state index contributed by atoms with van der Waals surface area (Å²) in [6.07, 6.45) is -0.697. The Kier molecular flexibility index (Phi) is 12.0. The molecule has 37 heavy (non-hydrogen) atoms. The molecule has 10 nitrogen and oxygen atoms in total. The Labute approximate surface area is 224 Å². The normalized spacial score (nSPS) is 12.2. The minimum Gasteiger partial charge on any atom is -0.481 e. The van der Waals surface area contributed by atoms with E-state index in [2.05, 4.69) is 15.5 Å². The second-order valence-electron chi connectivity index (χ2n) is 8.01. The van der Waals surface area contributed by atoms with Crippen molar-refractivity contribution in [2.75, 3.05) is 29.7 Å². The third-order valence-corrected chi connectivity index (χ3v) is 5.60. The molecule has 0 spiro atoms. The summed E-state index contributed by atoms with van der Waals surface area (Å²) in [6, 6.07) is 11.3. The van der Waals surface area contributed by atoms with Gasteiger partial charge in [0.05, 0.1) is 0 Å². The van der Waals surface area contributed by atoms with Crippen molar-refractivity contribution < 1.29 is 34.1 Å². The summed E-state index contributed by atoms with van der Waals surface area (Å²) in [5, 5.41) is 22.6. The van der Waals surface area contributed by atoms with Gasteiger partial charge in [0.1, 0.15) is 23.6 Å². The Morgan fingerprint density at radius 2 is 1.43 bits per heavy atom. The lowest BCUT2D eigenvalue weighted by Crippen LogP contribution is -2.50. The zero-order valence-electron chi connectivity index (χ0n) is 20.2. The summed E-state index contributed by atoms with van der Waals surface area (Å²) >= 11 is 11.7. The van der Waals surface area contributed by atoms with E-state index in [0.717, 1.165) is 5.69 Å². The van der Waals surface area contributed by atoms with E-state index in [9.17, 15) is 24.3 Å². The van der Waals surface area contributed by atoms with Crippen LogP contribution in [-0.2, 0) is 14.4 Å². The lowest BCUT2D eigenvalue weighted by atomic mass is 10.1. The molecule has 0 saturated heterocycles. The minimum atomic E-state index is -1.38. The molecule has 0 bridgehead atoms. The van der Waals surface area contributed by atoms with Gasteiger partial charge in [-0.2, -0.15) is 0 Å². The Hall–Kier alpha value is -3.50. The predicted octanol–water partition coefficient (Wildman–Crippen LogP) is 3.32. The lowest BCUT2D eigenvalue weighted by Gasteiger charge is -2.23. The molecule has 0 aliphatic carbocycles. The number of benzene rings is 2. The maximum Gasteiger partial charge on any atom is 0.326 e. The molecule has 0 saturated carbocycles. The maximum atomic E-state index is 12.5. The quantitative estimate of drug-likeness (QED) is 0.246. The van der Waals surface area contributed by atoms with Gasteiger partial charge in [-0.15, -0.1) is 23.2 Å². The third kappa shape index (κ3) is 9.82. The zero-order chi connectivity index (χ0) is 27.4. The number of hydrogen-bond acceptors (Lipinski definition) is 6. The largest absolute Gasteiger partial charge is 0.481 e. The Morgan fingerprint density at radius 3 is 1.92 bits per heavy atom. The molecule has 2 rings (SSSR count). The van der Waals surface area contributed by atoms with Crippen LogP contribution >= 0.6 is 23.2 Å². The average molecular weight is 554 g/mol. The van der Waals surface area contributed by atoms with Crippen molar-refractivity contribution in [1.29, 1.82) is 0 Å². The molecule has 0 radical (unpaired) electrons. The van der Waals surface area contributed by atoms with E-state index in [1.807, 2.05) is 24.3 Å². The van der Waals surface area contributed by atoms with E-state index < -0.39 is 42.3 Å². The van der Waals surface area contributed by atoms with Crippen molar-refractivity contribution in [3.05, 3.63) is 54.1 Å². The smallest absolute Gasteiger partial charge is 0.326 e. The number of aliphatic carboxylic acids is 2. The molecule has 0 aliphatic heterocycles. The topological polar surface area (TPSA) is 145 Å². The summed E-state index contributed by atoms with van der Waals surface area (Å²) < 4.78 is 5.83. The lowest BCUT2D eigenvalue weighted by molar-refractivity contribution is -0.143. The first-order valence-electron chi connectivity index (χ1n) is 11.4. The van der Waals surface area contributed by atoms with Crippen LogP contribution < -0.4 is 20.3 Å². The van der Waals surface area contributed by atoms with Crippen molar-refractivity contribution in [3.63, 3.8) is 0 Å². The number of amides is 2. The Morgan fingerprint density at radius 1 is 0.892 bits per heavy atom. The first kappa shape index (κ1) is 29.7. The molecule has 2 aromatic rings. The Balaban J connectivity index is 1.93. The highest BCUT2D eigenvalue weighted by Crippen LogP contribution is 2.25. The number of alkyl halides is 2. The molecule has 200 valence electrons. The second-order valence-corrected chi connectivity index (χ2v) is 8.77. The van der Waals surface area contributed by atoms with Gasteiger partial charge in [0.25, 0.3) is 5.91 Å². The van der Waals surface area contributed by atoms with Gasteiger partial charge in [-0.1, -0.05) is 0 Å². The number of nitrogens with zero attached hydrogens (tertiary/aromatic N) is 1. The highest BCUT2D eigenvalue weighted by atomic mass is 35.5. The molecule has 0 fully saturated rings. The van der Waals surface area contributed by atoms with Crippen LogP contribution in [0.3, 0.4) is 0 Å². The van der Waals surface area contributed by atoms with E-state index in [1.54, 1.807) is 12.1 Å². The van der Waals surface area contributed by atoms with Crippen LogP contribution in [0.1, 0.15) is 30.1 Å². The van der Waals surface area contributed by atoms with Gasteiger partial charge in [0.2, 0.25) is 5.91 Å². The van der Waals surface area contributed by atoms with E-state index in [1.165, 1.54) is 19.1 Å². The van der Waals surface area contributed by atoms with Crippen molar-refractivity contribution in [3.8, 4) is 11.5 Å². The van der Waals surface area contributed by atoms with Crippen LogP contribution in [0.15, 0.2) is 48.5 Å². The minimum absolute atomic E-state index is 0.265. The number of nitrogens with one attached hydrogen (secondary N) is 2. The zero-order valence-corrected chi connectivity index (χ0v) is 21.7. The van der Waals surface area contributed by atoms with Crippen LogP contribution in [0.4, 0.5) is 5.69 Å². The van der Waals surface area contributed by atoms with Crippen molar-refractivity contribution in [2.45, 2.75) is 31.8 Å². The van der Waals surface area contributed by atoms with Crippen LogP contribution in [0.5, 0.6) is 11.5 Å². The summed E-state index contributed by atoms with van der Waals surface area (Å²) in [6.45, 7) is 2.73. The molecular weight excluding hydrogens is 525 g/mol. The molecule has 2 atom stereocenters. The number of ether oxygens (including phenoxy) is 1. The van der Waals surface area contributed by atoms with Crippen LogP contribution in [0, 0.1) is 0 Å². The fourth-order valence-electron chi connectivity index (χ4n) is 3.28. The first-order chi connectivity index (χ1) is 17.6. The number of carboxylic acids is 2. The summed E-state index contributed by atoms with van der Waals surface area (Å²) in [7, 11) is 0. The predicted molar refractivity (Wildman–Crippen MR) is 140 cm³/mol. The number of rotatable bonds is 15. The number of anilines is 1. The van der Waals surface area contributed by atoms with E-state index >= 15 is 0 Å². The van der Waals surface area contributed by atoms with Crippen molar-refractivity contribution in [1.82, 2.24) is 10.6 Å². The number of carbonyl (C=O) groups excluding carboxylic acids is 2. The van der Waals surface area contributed by atoms with Crippen LogP contribution in [0.25, 0.3) is 0 Å². The van der Waals surface area contributed by atoms with E-state index in [4.69, 9.17) is 33.0 Å². The SMILES string of the molecule is C[C@H](NC(=O)c1ccc(Oc2ccc(N(CCCl)CCCl)cc2)cc1)C(=O)N[C@@H](CCC(=O)O)C(=O)O. The fourth-order valence-corrected chi connectivity index (χ4v) is 3.68. The van der Waals surface area contributed by atoms with Gasteiger partial charge in [-0.05, 0) is 61.9 Å². The molecule has 0 unspecified atom stereocenters. The second kappa shape index (κ2) is 14.9. The number of hydrogen-bond donors (Lipinski definition) is 4. The van der Waals surface area contributed by atoms with Crippen molar-refractivity contribution >= 4 is 52.6 Å². The standard InChI is InChI=1S/C25H29Cl2N3O7/c1-16(23(33)29-21(25(35)36)10-11-22(31)32)28-24(34)17-2-6-19(7-3-17)37-20-8-4-18(5-9-20)30(14-12-26)15-13-27/h2-9,16,21H,10-15H2,1H3,(H,28,34)(H,29,33)(H,31,32)(H,35,36)/t16-,21-/m0/s1. The molecule has 12 heteroatoms. The van der Waals surface area contributed by atoms with Crippen LogP contribution in [0.2, 0.25) is 0 Å². The monoisotopic (exact) mass is 553 g/mol. The average Bonchev–Trinajstić information content (AvgIpc) is 2.86. The summed E-state index contributed by atoms with van der Waals surface area (Å²) in [5.41, 5.74) is 1.23. The highest BCUT2D eigenvalue weighted by Gasteiger charge is 2.24. The maximum absolute atomic E-state index is 12.5. The van der Waals surface area contributed by atoms with E-state index in [0.29, 0.717) is 36.3 Å². The van der Waals surface area contributed by atoms with Gasteiger partial charge >= 0.3 is 11.9 Å². The van der Waals surface area contributed by atoms with Gasteiger partial charge in [-0.25, -0.2) is 4.79 Å². The molecule has 0 aromatic heterocycles. The molecule has 0 aliphatic rings. The van der Waals surface area contributed by atoms with Gasteiger partial charge in [-0.3, -0.25) is 14.4 Å².